The molecular weight excluding hydrogens is 242 g/mol. The molecule has 0 unspecified atom stereocenters. The van der Waals surface area contributed by atoms with Crippen molar-refractivity contribution in [3.05, 3.63) is 29.8 Å². The first kappa shape index (κ1) is 13.6. The van der Waals surface area contributed by atoms with Gasteiger partial charge in [0.1, 0.15) is 5.75 Å². The van der Waals surface area contributed by atoms with E-state index in [-0.39, 0.29) is 18.3 Å². The van der Waals surface area contributed by atoms with E-state index in [0.717, 1.165) is 12.8 Å². The van der Waals surface area contributed by atoms with Gasteiger partial charge >= 0.3 is 0 Å². The Kier molecular flexibility index (Phi) is 4.55. The minimum absolute atomic E-state index is 0.0190. The van der Waals surface area contributed by atoms with Crippen LogP contribution in [0.2, 0.25) is 0 Å². The van der Waals surface area contributed by atoms with E-state index in [1.807, 2.05) is 0 Å². The van der Waals surface area contributed by atoms with Gasteiger partial charge in [0.25, 0.3) is 5.91 Å². The summed E-state index contributed by atoms with van der Waals surface area (Å²) in [4.78, 5) is 22.8. The summed E-state index contributed by atoms with van der Waals surface area (Å²) in [5.74, 6) is 0.541. The second-order valence-electron chi connectivity index (χ2n) is 4.92. The van der Waals surface area contributed by atoms with Crippen LogP contribution in [0.1, 0.15) is 43.0 Å². The average molecular weight is 261 g/mol. The quantitative estimate of drug-likeness (QED) is 0.828. The Morgan fingerprint density at radius 2 is 1.84 bits per heavy atom. The summed E-state index contributed by atoms with van der Waals surface area (Å²) >= 11 is 0. The van der Waals surface area contributed by atoms with E-state index in [1.54, 1.807) is 24.3 Å². The van der Waals surface area contributed by atoms with Crippen LogP contribution in [-0.2, 0) is 4.79 Å². The molecule has 0 bridgehead atoms. The molecule has 1 saturated carbocycles. The van der Waals surface area contributed by atoms with E-state index in [2.05, 4.69) is 5.32 Å². The fourth-order valence-electron chi connectivity index (χ4n) is 2.27. The third-order valence-corrected chi connectivity index (χ3v) is 3.35. The molecule has 4 nitrogen and oxygen atoms in total. The molecule has 1 aromatic rings. The Morgan fingerprint density at radius 3 is 2.42 bits per heavy atom. The van der Waals surface area contributed by atoms with E-state index in [4.69, 9.17) is 4.74 Å². The van der Waals surface area contributed by atoms with Crippen LogP contribution in [0.3, 0.4) is 0 Å². The van der Waals surface area contributed by atoms with E-state index in [1.165, 1.54) is 19.8 Å². The zero-order valence-corrected chi connectivity index (χ0v) is 11.1. The van der Waals surface area contributed by atoms with Crippen LogP contribution in [0.15, 0.2) is 24.3 Å². The minimum atomic E-state index is -0.0810. The molecule has 1 aliphatic carbocycles. The van der Waals surface area contributed by atoms with Gasteiger partial charge in [0.05, 0.1) is 0 Å². The number of ether oxygens (including phenoxy) is 1. The molecule has 0 heterocycles. The lowest BCUT2D eigenvalue weighted by Gasteiger charge is -2.12. The number of ketones is 1. The van der Waals surface area contributed by atoms with Gasteiger partial charge in [-0.1, -0.05) is 12.8 Å². The predicted octanol–water partition coefficient (Wildman–Crippen LogP) is 2.33. The molecule has 102 valence electrons. The minimum Gasteiger partial charge on any atom is -0.484 e. The Morgan fingerprint density at radius 1 is 1.21 bits per heavy atom. The molecule has 1 aromatic carbocycles. The van der Waals surface area contributed by atoms with Gasteiger partial charge in [-0.15, -0.1) is 0 Å². The number of nitrogens with one attached hydrogen (secondary N) is 1. The Hall–Kier alpha value is -1.84. The monoisotopic (exact) mass is 261 g/mol. The summed E-state index contributed by atoms with van der Waals surface area (Å²) in [6.07, 6.45) is 4.52. The number of carbonyl (C=O) groups excluding carboxylic acids is 2. The first-order valence-electron chi connectivity index (χ1n) is 6.68. The zero-order valence-electron chi connectivity index (χ0n) is 11.1. The molecule has 0 radical (unpaired) electrons. The van der Waals surface area contributed by atoms with Crippen molar-refractivity contribution in [1.29, 1.82) is 0 Å². The topological polar surface area (TPSA) is 55.4 Å². The smallest absolute Gasteiger partial charge is 0.258 e. The average Bonchev–Trinajstić information content (AvgIpc) is 2.89. The Balaban J connectivity index is 1.77. The highest BCUT2D eigenvalue weighted by molar-refractivity contribution is 5.94. The summed E-state index contributed by atoms with van der Waals surface area (Å²) < 4.78 is 5.39. The van der Waals surface area contributed by atoms with Gasteiger partial charge in [-0.3, -0.25) is 9.59 Å². The van der Waals surface area contributed by atoms with Crippen LogP contribution in [0, 0.1) is 0 Å². The van der Waals surface area contributed by atoms with Crippen LogP contribution < -0.4 is 10.1 Å². The van der Waals surface area contributed by atoms with Crippen molar-refractivity contribution in [2.24, 2.45) is 0 Å². The first-order valence-corrected chi connectivity index (χ1v) is 6.68. The van der Waals surface area contributed by atoms with Gasteiger partial charge < -0.3 is 10.1 Å². The fraction of sp³-hybridized carbons (Fsp3) is 0.467. The van der Waals surface area contributed by atoms with E-state index >= 15 is 0 Å². The van der Waals surface area contributed by atoms with Gasteiger partial charge in [0.2, 0.25) is 0 Å². The maximum absolute atomic E-state index is 11.7. The molecular formula is C15H19NO3. The number of carbonyl (C=O) groups is 2. The standard InChI is InChI=1S/C15H19NO3/c1-11(17)12-6-8-14(9-7-12)19-10-15(18)16-13-4-2-3-5-13/h6-9,13H,2-5,10H2,1H3,(H,16,18). The van der Waals surface area contributed by atoms with Crippen molar-refractivity contribution in [2.45, 2.75) is 38.6 Å². The SMILES string of the molecule is CC(=O)c1ccc(OCC(=O)NC2CCCC2)cc1. The number of amides is 1. The summed E-state index contributed by atoms with van der Waals surface area (Å²) in [5.41, 5.74) is 0.641. The van der Waals surface area contributed by atoms with Crippen molar-refractivity contribution < 1.29 is 14.3 Å². The van der Waals surface area contributed by atoms with Gasteiger partial charge in [-0.25, -0.2) is 0 Å². The van der Waals surface area contributed by atoms with E-state index in [9.17, 15) is 9.59 Å². The molecule has 1 amide bonds. The molecule has 1 aliphatic rings. The number of hydrogen-bond acceptors (Lipinski definition) is 3. The van der Waals surface area contributed by atoms with Gasteiger partial charge in [0, 0.05) is 11.6 Å². The third-order valence-electron chi connectivity index (χ3n) is 3.35. The number of hydrogen-bond donors (Lipinski definition) is 1. The summed E-state index contributed by atoms with van der Waals surface area (Å²) in [5, 5.41) is 2.96. The normalized spacial score (nSPS) is 15.2. The van der Waals surface area contributed by atoms with Crippen molar-refractivity contribution in [3.8, 4) is 5.75 Å². The van der Waals surface area contributed by atoms with Crippen molar-refractivity contribution in [2.75, 3.05) is 6.61 Å². The van der Waals surface area contributed by atoms with Crippen molar-refractivity contribution >= 4 is 11.7 Å². The van der Waals surface area contributed by atoms with E-state index < -0.39 is 0 Å². The van der Waals surface area contributed by atoms with Crippen LogP contribution in [0.25, 0.3) is 0 Å². The van der Waals surface area contributed by atoms with Crippen LogP contribution in [0.4, 0.5) is 0 Å². The van der Waals surface area contributed by atoms with Crippen molar-refractivity contribution in [1.82, 2.24) is 5.32 Å². The first-order chi connectivity index (χ1) is 9.15. The molecule has 1 fully saturated rings. The highest BCUT2D eigenvalue weighted by atomic mass is 16.5. The van der Waals surface area contributed by atoms with Gasteiger partial charge in [0.15, 0.2) is 12.4 Å². The van der Waals surface area contributed by atoms with Crippen LogP contribution in [0.5, 0.6) is 5.75 Å². The molecule has 1 N–H and O–H groups in total. The third kappa shape index (κ3) is 4.09. The second kappa shape index (κ2) is 6.36. The lowest BCUT2D eigenvalue weighted by atomic mass is 10.1. The maximum Gasteiger partial charge on any atom is 0.258 e. The molecule has 0 atom stereocenters. The molecule has 0 aromatic heterocycles. The summed E-state index contributed by atoms with van der Waals surface area (Å²) in [7, 11) is 0. The molecule has 0 aliphatic heterocycles. The lowest BCUT2D eigenvalue weighted by Crippen LogP contribution is -2.36. The second-order valence-corrected chi connectivity index (χ2v) is 4.92. The summed E-state index contributed by atoms with van der Waals surface area (Å²) in [6, 6.07) is 7.13. The maximum atomic E-state index is 11.7. The molecule has 2 rings (SSSR count). The van der Waals surface area contributed by atoms with Gasteiger partial charge in [-0.2, -0.15) is 0 Å². The largest absolute Gasteiger partial charge is 0.484 e. The Labute approximate surface area is 113 Å². The highest BCUT2D eigenvalue weighted by Crippen LogP contribution is 2.17. The molecule has 0 saturated heterocycles. The van der Waals surface area contributed by atoms with E-state index in [0.29, 0.717) is 17.4 Å². The predicted molar refractivity (Wildman–Crippen MR) is 72.3 cm³/mol. The van der Waals surface area contributed by atoms with Crippen LogP contribution in [-0.4, -0.2) is 24.3 Å². The molecule has 0 spiro atoms. The molecule has 4 heteroatoms. The Bertz CT molecular complexity index is 447. The fourth-order valence-corrected chi connectivity index (χ4v) is 2.27. The summed E-state index contributed by atoms with van der Waals surface area (Å²) in [6.45, 7) is 1.54. The highest BCUT2D eigenvalue weighted by Gasteiger charge is 2.17. The molecule has 19 heavy (non-hydrogen) atoms. The lowest BCUT2D eigenvalue weighted by molar-refractivity contribution is -0.123. The van der Waals surface area contributed by atoms with Gasteiger partial charge in [-0.05, 0) is 44.0 Å². The number of rotatable bonds is 5. The zero-order chi connectivity index (χ0) is 13.7. The van der Waals surface area contributed by atoms with Crippen LogP contribution >= 0.6 is 0 Å². The number of benzene rings is 1. The number of Topliss-reactive ketones (excluding diaryl/α,β-unsaturated/α-hetero) is 1. The van der Waals surface area contributed by atoms with Crippen molar-refractivity contribution in [3.63, 3.8) is 0 Å².